The monoisotopic (exact) mass is 854 g/mol. The molecule has 0 heterocycles. The molecule has 0 aliphatic rings. The van der Waals surface area contributed by atoms with Crippen LogP contribution in [0.4, 0.5) is 0 Å². The number of aliphatic hydroxyl groups excluding tert-OH is 1. The zero-order chi connectivity index (χ0) is 43.6. The summed E-state index contributed by atoms with van der Waals surface area (Å²) in [6.07, 6.45) is 52.1. The lowest BCUT2D eigenvalue weighted by atomic mass is 10.0. The summed E-state index contributed by atoms with van der Waals surface area (Å²) in [5.74, 6) is -0.184. The van der Waals surface area contributed by atoms with Gasteiger partial charge in [-0.1, -0.05) is 204 Å². The summed E-state index contributed by atoms with van der Waals surface area (Å²) in [6, 6.07) is -0.850. The lowest BCUT2D eigenvalue weighted by Crippen LogP contribution is -2.45. The van der Waals surface area contributed by atoms with Crippen molar-refractivity contribution in [2.45, 2.75) is 238 Å². The molecule has 3 unspecified atom stereocenters. The topological polar surface area (TPSA) is 105 Å². The Morgan fingerprint density at radius 3 is 1.42 bits per heavy atom. The number of likely N-dealkylation sites (N-methyl/N-ethyl adjacent to an activating group) is 1. The van der Waals surface area contributed by atoms with E-state index in [1.165, 1.54) is 154 Å². The number of quaternary nitrogens is 1. The SMILES string of the molecule is CCCCC/C=C\C/C=C\CCCCCCCCCC(=O)NC(COP(=O)(O)OCC[N+](C)(C)C)C(O)/C=C/CCCCCCCCCCCCCCCCCCCC. The first kappa shape index (κ1) is 57.7. The fraction of sp³-hybridized carbons (Fsp3) is 0.860. The predicted octanol–water partition coefficient (Wildman–Crippen LogP) is 14.3. The number of nitrogens with zero attached hydrogens (tertiary/aromatic N) is 1. The van der Waals surface area contributed by atoms with E-state index in [1.54, 1.807) is 6.08 Å². The lowest BCUT2D eigenvalue weighted by Gasteiger charge is -2.25. The zero-order valence-electron chi connectivity index (χ0n) is 39.5. The number of hydrogen-bond donors (Lipinski definition) is 3. The molecule has 0 aromatic carbocycles. The first-order valence-electron chi connectivity index (χ1n) is 24.9. The van der Waals surface area contributed by atoms with Crippen molar-refractivity contribution in [2.24, 2.45) is 0 Å². The van der Waals surface area contributed by atoms with Gasteiger partial charge in [0.15, 0.2) is 0 Å². The number of carbonyl (C=O) groups excluding carboxylic acids is 1. The molecule has 348 valence electrons. The minimum absolute atomic E-state index is 0.0599. The van der Waals surface area contributed by atoms with Crippen LogP contribution in [0.2, 0.25) is 0 Å². The van der Waals surface area contributed by atoms with Gasteiger partial charge in [0.2, 0.25) is 5.91 Å². The zero-order valence-corrected chi connectivity index (χ0v) is 40.4. The van der Waals surface area contributed by atoms with Gasteiger partial charge in [0.25, 0.3) is 0 Å². The van der Waals surface area contributed by atoms with Gasteiger partial charge in [-0.2, -0.15) is 0 Å². The van der Waals surface area contributed by atoms with E-state index in [0.29, 0.717) is 17.4 Å². The highest BCUT2D eigenvalue weighted by atomic mass is 31.2. The maximum atomic E-state index is 12.9. The second kappa shape index (κ2) is 42.0. The molecule has 59 heavy (non-hydrogen) atoms. The fourth-order valence-electron chi connectivity index (χ4n) is 7.13. The molecule has 0 saturated heterocycles. The van der Waals surface area contributed by atoms with Crippen molar-refractivity contribution in [2.75, 3.05) is 40.9 Å². The Hall–Kier alpha value is -1.28. The van der Waals surface area contributed by atoms with Crippen molar-refractivity contribution < 1.29 is 32.9 Å². The molecule has 0 radical (unpaired) electrons. The minimum atomic E-state index is -4.34. The van der Waals surface area contributed by atoms with E-state index in [2.05, 4.69) is 43.5 Å². The molecule has 0 aromatic heterocycles. The normalized spacial score (nSPS) is 14.5. The summed E-state index contributed by atoms with van der Waals surface area (Å²) in [5.41, 5.74) is 0. The first-order valence-corrected chi connectivity index (χ1v) is 26.4. The minimum Gasteiger partial charge on any atom is -0.387 e. The number of unbranched alkanes of at least 4 members (excludes halogenated alkanes) is 28. The Bertz CT molecular complexity index is 1060. The van der Waals surface area contributed by atoms with Crippen molar-refractivity contribution in [1.82, 2.24) is 5.32 Å². The third kappa shape index (κ3) is 44.6. The molecular formula is C50H98N2O6P+. The number of hydrogen-bond acceptors (Lipinski definition) is 5. The highest BCUT2D eigenvalue weighted by molar-refractivity contribution is 7.47. The molecule has 0 rings (SSSR count). The van der Waals surface area contributed by atoms with Gasteiger partial charge in [-0.05, 0) is 51.4 Å². The Morgan fingerprint density at radius 1 is 0.576 bits per heavy atom. The second-order valence-corrected chi connectivity index (χ2v) is 19.6. The molecule has 3 N–H and O–H groups in total. The van der Waals surface area contributed by atoms with Crippen LogP contribution < -0.4 is 5.32 Å². The molecule has 1 amide bonds. The molecule has 9 heteroatoms. The highest BCUT2D eigenvalue weighted by Crippen LogP contribution is 2.43. The number of phosphoric acid groups is 1. The summed E-state index contributed by atoms with van der Waals surface area (Å²) >= 11 is 0. The molecule has 0 aromatic rings. The molecule has 0 fully saturated rings. The van der Waals surface area contributed by atoms with Gasteiger partial charge < -0.3 is 19.8 Å². The van der Waals surface area contributed by atoms with Gasteiger partial charge in [0.1, 0.15) is 13.2 Å². The average Bonchev–Trinajstić information content (AvgIpc) is 3.19. The van der Waals surface area contributed by atoms with Crippen LogP contribution in [0.3, 0.4) is 0 Å². The molecule has 0 bridgehead atoms. The number of allylic oxidation sites excluding steroid dienone is 5. The summed E-state index contributed by atoms with van der Waals surface area (Å²) in [5, 5.41) is 13.9. The average molecular weight is 854 g/mol. The van der Waals surface area contributed by atoms with E-state index in [1.807, 2.05) is 27.2 Å². The molecule has 3 atom stereocenters. The second-order valence-electron chi connectivity index (χ2n) is 18.2. The van der Waals surface area contributed by atoms with Crippen LogP contribution >= 0.6 is 7.82 Å². The number of amides is 1. The summed E-state index contributed by atoms with van der Waals surface area (Å²) < 4.78 is 23.6. The number of phosphoric ester groups is 1. The van der Waals surface area contributed by atoms with Gasteiger partial charge >= 0.3 is 7.82 Å². The Morgan fingerprint density at radius 2 is 0.966 bits per heavy atom. The lowest BCUT2D eigenvalue weighted by molar-refractivity contribution is -0.870. The highest BCUT2D eigenvalue weighted by Gasteiger charge is 2.27. The Labute approximate surface area is 366 Å². The number of aliphatic hydroxyl groups is 1. The predicted molar refractivity (Wildman–Crippen MR) is 254 cm³/mol. The third-order valence-electron chi connectivity index (χ3n) is 11.1. The van der Waals surface area contributed by atoms with Gasteiger partial charge in [-0.15, -0.1) is 0 Å². The van der Waals surface area contributed by atoms with Gasteiger partial charge in [-0.3, -0.25) is 13.8 Å². The number of rotatable bonds is 45. The van der Waals surface area contributed by atoms with Crippen molar-refractivity contribution in [1.29, 1.82) is 0 Å². The molecular weight excluding hydrogens is 756 g/mol. The van der Waals surface area contributed by atoms with E-state index < -0.39 is 20.0 Å². The molecule has 0 saturated carbocycles. The molecule has 0 aliphatic carbocycles. The van der Waals surface area contributed by atoms with Crippen LogP contribution in [0.1, 0.15) is 226 Å². The van der Waals surface area contributed by atoms with Gasteiger partial charge in [0, 0.05) is 6.42 Å². The number of carbonyl (C=O) groups is 1. The first-order chi connectivity index (χ1) is 28.5. The Balaban J connectivity index is 4.35. The van der Waals surface area contributed by atoms with E-state index >= 15 is 0 Å². The summed E-state index contributed by atoms with van der Waals surface area (Å²) in [6.45, 7) is 4.80. The molecule has 0 aliphatic heterocycles. The molecule has 8 nitrogen and oxygen atoms in total. The van der Waals surface area contributed by atoms with Crippen LogP contribution in [-0.2, 0) is 18.4 Å². The summed E-state index contributed by atoms with van der Waals surface area (Å²) in [7, 11) is 1.57. The van der Waals surface area contributed by atoms with Crippen LogP contribution in [0.15, 0.2) is 36.5 Å². The van der Waals surface area contributed by atoms with Crippen LogP contribution in [-0.4, -0.2) is 73.4 Å². The fourth-order valence-corrected chi connectivity index (χ4v) is 7.87. The number of nitrogens with one attached hydrogen (secondary N) is 1. The quantitative estimate of drug-likeness (QED) is 0.0244. The van der Waals surface area contributed by atoms with E-state index in [0.717, 1.165) is 51.4 Å². The van der Waals surface area contributed by atoms with Gasteiger partial charge in [-0.25, -0.2) is 4.57 Å². The van der Waals surface area contributed by atoms with Crippen molar-refractivity contribution in [3.05, 3.63) is 36.5 Å². The van der Waals surface area contributed by atoms with E-state index in [9.17, 15) is 19.4 Å². The smallest absolute Gasteiger partial charge is 0.387 e. The van der Waals surface area contributed by atoms with Crippen LogP contribution in [0.25, 0.3) is 0 Å². The van der Waals surface area contributed by atoms with E-state index in [4.69, 9.17) is 9.05 Å². The molecule has 0 spiro atoms. The van der Waals surface area contributed by atoms with Crippen LogP contribution in [0, 0.1) is 0 Å². The third-order valence-corrected chi connectivity index (χ3v) is 12.1. The van der Waals surface area contributed by atoms with Crippen molar-refractivity contribution >= 4 is 13.7 Å². The van der Waals surface area contributed by atoms with E-state index in [-0.39, 0.29) is 19.1 Å². The maximum Gasteiger partial charge on any atom is 0.472 e. The van der Waals surface area contributed by atoms with Crippen LogP contribution in [0.5, 0.6) is 0 Å². The van der Waals surface area contributed by atoms with Crippen molar-refractivity contribution in [3.63, 3.8) is 0 Å². The standard InChI is InChI=1S/C50H97N2O6P/c1-6-8-10-12-14-16-18-20-22-24-25-26-28-29-31-33-35-37-39-41-43-49(53)48(47-58-59(55,56)57-46-45-52(3,4)5)51-50(54)44-42-40-38-36-34-32-30-27-23-21-19-17-15-13-11-9-7-2/h15,17,21,23,41,43,48-49,53H,6-14,16,18-20,22,24-40,42,44-47H2,1-5H3,(H-,51,54,55,56)/p+1/b17-15-,23-21-,43-41+. The summed E-state index contributed by atoms with van der Waals surface area (Å²) in [4.78, 5) is 23.2. The van der Waals surface area contributed by atoms with Crippen molar-refractivity contribution in [3.8, 4) is 0 Å². The largest absolute Gasteiger partial charge is 0.472 e. The maximum absolute atomic E-state index is 12.9. The van der Waals surface area contributed by atoms with Gasteiger partial charge in [0.05, 0.1) is 39.9 Å². The Kier molecular flexibility index (Phi) is 41.1.